The van der Waals surface area contributed by atoms with Crippen molar-refractivity contribution in [1.29, 1.82) is 0 Å². The maximum Gasteiger partial charge on any atom is 0.323 e. The number of carbonyl (C=O) groups excluding carboxylic acids is 1. The van der Waals surface area contributed by atoms with Gasteiger partial charge in [-0.25, -0.2) is 0 Å². The molecule has 0 aliphatic carbocycles. The summed E-state index contributed by atoms with van der Waals surface area (Å²) in [4.78, 5) is 38.9. The number of rotatable bonds is 7. The van der Waals surface area contributed by atoms with Gasteiger partial charge in [-0.05, 0) is 24.3 Å². The Bertz CT molecular complexity index is 735. The topological polar surface area (TPSA) is 113 Å². The van der Waals surface area contributed by atoms with Crippen LogP contribution in [0.4, 0.5) is 0 Å². The molecule has 2 rings (SSSR count). The number of hydrogen-bond acceptors (Lipinski definition) is 5. The highest BCUT2D eigenvalue weighted by atomic mass is 16.5. The second-order valence-electron chi connectivity index (χ2n) is 4.71. The number of nitrogens with one attached hydrogen (secondary N) is 1. The number of methoxy groups -OCH3 is 1. The van der Waals surface area contributed by atoms with Crippen LogP contribution in [0, 0.1) is 0 Å². The van der Waals surface area contributed by atoms with Gasteiger partial charge in [0.05, 0.1) is 18.6 Å². The third-order valence-electron chi connectivity index (χ3n) is 3.11. The van der Waals surface area contributed by atoms with E-state index in [0.717, 1.165) is 4.90 Å². The van der Waals surface area contributed by atoms with Gasteiger partial charge in [0.15, 0.2) is 0 Å². The number of amides is 1. The molecule has 8 nitrogen and oxygen atoms in total. The van der Waals surface area contributed by atoms with Crippen LogP contribution in [0.25, 0.3) is 11.5 Å². The highest BCUT2D eigenvalue weighted by Gasteiger charge is 2.21. The lowest BCUT2D eigenvalue weighted by atomic mass is 10.2. The lowest BCUT2D eigenvalue weighted by Gasteiger charge is -2.19. The molecule has 0 bridgehead atoms. The van der Waals surface area contributed by atoms with Crippen LogP contribution in [-0.2, 0) is 9.53 Å². The quantitative estimate of drug-likeness (QED) is 0.780. The zero-order valence-corrected chi connectivity index (χ0v) is 12.4. The summed E-state index contributed by atoms with van der Waals surface area (Å²) in [7, 11) is 1.44. The summed E-state index contributed by atoms with van der Waals surface area (Å²) in [6, 6.07) is 6.22. The molecule has 2 heterocycles. The predicted octanol–water partition coefficient (Wildman–Crippen LogP) is 0.808. The van der Waals surface area contributed by atoms with Gasteiger partial charge in [-0.15, -0.1) is 0 Å². The number of ether oxygens (including phenoxy) is 1. The molecule has 0 aromatic carbocycles. The maximum absolute atomic E-state index is 12.4. The average Bonchev–Trinajstić information content (AvgIpc) is 3.04. The first-order valence-corrected chi connectivity index (χ1v) is 6.80. The van der Waals surface area contributed by atoms with Gasteiger partial charge >= 0.3 is 5.97 Å². The summed E-state index contributed by atoms with van der Waals surface area (Å²) >= 11 is 0. The molecule has 0 radical (unpaired) electrons. The number of aliphatic carboxylic acids is 1. The number of aromatic amines is 1. The summed E-state index contributed by atoms with van der Waals surface area (Å²) < 4.78 is 10.0. The summed E-state index contributed by atoms with van der Waals surface area (Å²) in [6.07, 6.45) is 1.46. The van der Waals surface area contributed by atoms with Gasteiger partial charge in [0.2, 0.25) is 0 Å². The predicted molar refractivity (Wildman–Crippen MR) is 80.2 cm³/mol. The summed E-state index contributed by atoms with van der Waals surface area (Å²) in [5, 5.41) is 8.88. The van der Waals surface area contributed by atoms with E-state index in [2.05, 4.69) is 4.98 Å². The van der Waals surface area contributed by atoms with E-state index < -0.39 is 24.0 Å². The summed E-state index contributed by atoms with van der Waals surface area (Å²) in [5.74, 6) is -1.38. The maximum atomic E-state index is 12.4. The molecule has 0 saturated heterocycles. The highest BCUT2D eigenvalue weighted by Crippen LogP contribution is 2.16. The molecule has 23 heavy (non-hydrogen) atoms. The minimum absolute atomic E-state index is 0.0704. The minimum Gasteiger partial charge on any atom is -0.480 e. The lowest BCUT2D eigenvalue weighted by Crippen LogP contribution is -2.40. The number of hydrogen-bond donors (Lipinski definition) is 2. The van der Waals surface area contributed by atoms with Gasteiger partial charge in [-0.1, -0.05) is 0 Å². The number of carboxylic acid groups (broad SMARTS) is 1. The van der Waals surface area contributed by atoms with Crippen molar-refractivity contribution >= 4 is 11.9 Å². The molecule has 0 aliphatic heterocycles. The zero-order valence-electron chi connectivity index (χ0n) is 12.4. The molecular formula is C15H16N2O6. The summed E-state index contributed by atoms with van der Waals surface area (Å²) in [6.45, 7) is -0.274. The molecule has 122 valence electrons. The monoisotopic (exact) mass is 320 g/mol. The standard InChI is InChI=1S/C15H16N2O6/c1-22-8-6-17(9-13(18)19)15(21)10-4-5-11(16-14(10)20)12-3-2-7-23-12/h2-5,7H,6,8-9H2,1H3,(H,16,20)(H,18,19). The van der Waals surface area contributed by atoms with Crippen molar-refractivity contribution < 1.29 is 23.8 Å². The van der Waals surface area contributed by atoms with Crippen LogP contribution >= 0.6 is 0 Å². The number of furan rings is 1. The molecule has 0 atom stereocenters. The minimum atomic E-state index is -1.17. The van der Waals surface area contributed by atoms with Crippen molar-refractivity contribution in [3.05, 3.63) is 46.4 Å². The molecule has 1 amide bonds. The van der Waals surface area contributed by atoms with Crippen LogP contribution in [0.3, 0.4) is 0 Å². The third-order valence-corrected chi connectivity index (χ3v) is 3.11. The fraction of sp³-hybridized carbons (Fsp3) is 0.267. The van der Waals surface area contributed by atoms with Gasteiger partial charge in [-0.3, -0.25) is 14.4 Å². The largest absolute Gasteiger partial charge is 0.480 e. The Balaban J connectivity index is 2.26. The molecule has 2 aromatic heterocycles. The molecule has 2 aromatic rings. The Morgan fingerprint density at radius 3 is 2.70 bits per heavy atom. The van der Waals surface area contributed by atoms with Crippen molar-refractivity contribution in [1.82, 2.24) is 9.88 Å². The Hall–Kier alpha value is -2.87. The van der Waals surface area contributed by atoms with Crippen molar-refractivity contribution in [3.63, 3.8) is 0 Å². The SMILES string of the molecule is COCCN(CC(=O)O)C(=O)c1ccc(-c2ccco2)[nH]c1=O. The molecule has 0 fully saturated rings. The second-order valence-corrected chi connectivity index (χ2v) is 4.71. The van der Waals surface area contributed by atoms with E-state index in [-0.39, 0.29) is 18.7 Å². The number of aromatic nitrogens is 1. The molecule has 2 N–H and O–H groups in total. The normalized spacial score (nSPS) is 10.5. The van der Waals surface area contributed by atoms with Crippen LogP contribution < -0.4 is 5.56 Å². The van der Waals surface area contributed by atoms with E-state index in [9.17, 15) is 14.4 Å². The van der Waals surface area contributed by atoms with Gasteiger partial charge < -0.3 is 24.1 Å². The van der Waals surface area contributed by atoms with Gasteiger partial charge in [-0.2, -0.15) is 0 Å². The molecule has 0 unspecified atom stereocenters. The number of H-pyrrole nitrogens is 1. The van der Waals surface area contributed by atoms with E-state index in [4.69, 9.17) is 14.3 Å². The van der Waals surface area contributed by atoms with Gasteiger partial charge in [0, 0.05) is 13.7 Å². The average molecular weight is 320 g/mol. The molecule has 0 saturated carbocycles. The van der Waals surface area contributed by atoms with Crippen molar-refractivity contribution in [2.45, 2.75) is 0 Å². The molecular weight excluding hydrogens is 304 g/mol. The number of carboxylic acids is 1. The van der Waals surface area contributed by atoms with Crippen molar-refractivity contribution in [2.75, 3.05) is 26.8 Å². The smallest absolute Gasteiger partial charge is 0.323 e. The summed E-state index contributed by atoms with van der Waals surface area (Å²) in [5.41, 5.74) is -0.326. The molecule has 8 heteroatoms. The van der Waals surface area contributed by atoms with Crippen LogP contribution in [0.2, 0.25) is 0 Å². The first-order valence-electron chi connectivity index (χ1n) is 6.80. The van der Waals surface area contributed by atoms with Crippen LogP contribution in [0.5, 0.6) is 0 Å². The van der Waals surface area contributed by atoms with E-state index in [1.807, 2.05) is 0 Å². The fourth-order valence-corrected chi connectivity index (χ4v) is 2.01. The molecule has 0 aliphatic rings. The lowest BCUT2D eigenvalue weighted by molar-refractivity contribution is -0.137. The Labute approximate surface area is 131 Å². The van der Waals surface area contributed by atoms with Crippen LogP contribution in [0.1, 0.15) is 10.4 Å². The number of pyridine rings is 1. The van der Waals surface area contributed by atoms with E-state index >= 15 is 0 Å². The Morgan fingerprint density at radius 2 is 2.13 bits per heavy atom. The van der Waals surface area contributed by atoms with Crippen LogP contribution in [-0.4, -0.2) is 53.7 Å². The van der Waals surface area contributed by atoms with Gasteiger partial charge in [0.1, 0.15) is 17.9 Å². The Kier molecular flexibility index (Phi) is 5.32. The zero-order chi connectivity index (χ0) is 16.8. The fourth-order valence-electron chi connectivity index (χ4n) is 2.01. The first kappa shape index (κ1) is 16.5. The third kappa shape index (κ3) is 4.07. The molecule has 0 spiro atoms. The highest BCUT2D eigenvalue weighted by molar-refractivity contribution is 5.95. The first-order chi connectivity index (χ1) is 11.0. The second kappa shape index (κ2) is 7.41. The van der Waals surface area contributed by atoms with Gasteiger partial charge in [0.25, 0.3) is 11.5 Å². The van der Waals surface area contributed by atoms with Crippen LogP contribution in [0.15, 0.2) is 39.7 Å². The van der Waals surface area contributed by atoms with Crippen molar-refractivity contribution in [3.8, 4) is 11.5 Å². The number of nitrogens with zero attached hydrogens (tertiary/aromatic N) is 1. The van der Waals surface area contributed by atoms with E-state index in [1.165, 1.54) is 25.5 Å². The Morgan fingerprint density at radius 1 is 1.35 bits per heavy atom. The van der Waals surface area contributed by atoms with Crippen molar-refractivity contribution in [2.24, 2.45) is 0 Å². The van der Waals surface area contributed by atoms with E-state index in [0.29, 0.717) is 11.5 Å². The van der Waals surface area contributed by atoms with E-state index in [1.54, 1.807) is 12.1 Å². The number of carbonyl (C=O) groups is 2.